The molecule has 1 aromatic rings. The normalized spacial score (nSPS) is 9.25. The minimum atomic E-state index is 0.213. The van der Waals surface area contributed by atoms with Crippen molar-refractivity contribution in [1.82, 2.24) is 10.2 Å². The van der Waals surface area contributed by atoms with Crippen LogP contribution in [-0.2, 0) is 0 Å². The third kappa shape index (κ3) is 1.08. The molecule has 0 saturated heterocycles. The fraction of sp³-hybridized carbons (Fsp3) is 0. The molecule has 8 heavy (non-hydrogen) atoms. The molecule has 0 fully saturated rings. The predicted octanol–water partition coefficient (Wildman–Crippen LogP) is 1.58. The highest BCUT2D eigenvalue weighted by atomic mass is 35.5. The molecule has 1 heterocycles. The highest BCUT2D eigenvalue weighted by Gasteiger charge is 1.93. The van der Waals surface area contributed by atoms with E-state index in [-0.39, 0.29) is 5.15 Å². The smallest absolute Gasteiger partial charge is 0.147 e. The lowest BCUT2D eigenvalue weighted by Gasteiger charge is -1.85. The van der Waals surface area contributed by atoms with Gasteiger partial charge < -0.3 is 0 Å². The Hall–Kier alpha value is -0.340. The third-order valence-electron chi connectivity index (χ3n) is 0.584. The molecule has 4 heteroatoms. The SMILES string of the molecule is Clc1c[c]nnc1Cl. The van der Waals surface area contributed by atoms with Crippen molar-refractivity contribution < 1.29 is 0 Å². The first-order valence-electron chi connectivity index (χ1n) is 1.85. The van der Waals surface area contributed by atoms with Crippen LogP contribution in [0.15, 0.2) is 6.07 Å². The standard InChI is InChI=1S/C4HCl2N2/c5-3-1-2-7-8-4(3)6/h1H. The van der Waals surface area contributed by atoms with Crippen LogP contribution in [0.5, 0.6) is 0 Å². The monoisotopic (exact) mass is 147 g/mol. The lowest BCUT2D eigenvalue weighted by atomic mass is 10.6. The van der Waals surface area contributed by atoms with Crippen LogP contribution in [0.2, 0.25) is 10.2 Å². The first-order chi connectivity index (χ1) is 3.80. The van der Waals surface area contributed by atoms with Crippen LogP contribution in [0.4, 0.5) is 0 Å². The van der Waals surface area contributed by atoms with E-state index < -0.39 is 0 Å². The molecule has 0 bridgehead atoms. The van der Waals surface area contributed by atoms with Gasteiger partial charge in [0.25, 0.3) is 0 Å². The van der Waals surface area contributed by atoms with Gasteiger partial charge in [-0.2, -0.15) is 0 Å². The molecule has 0 unspecified atom stereocenters. The van der Waals surface area contributed by atoms with E-state index in [0.717, 1.165) is 0 Å². The molecule has 0 aromatic carbocycles. The van der Waals surface area contributed by atoms with Crippen molar-refractivity contribution in [2.75, 3.05) is 0 Å². The topological polar surface area (TPSA) is 25.8 Å². The van der Waals surface area contributed by atoms with Gasteiger partial charge in [-0.25, -0.2) is 0 Å². The summed E-state index contributed by atoms with van der Waals surface area (Å²) in [5.74, 6) is 0. The summed E-state index contributed by atoms with van der Waals surface area (Å²) in [5, 5.41) is 7.35. The van der Waals surface area contributed by atoms with Crippen LogP contribution in [0, 0.1) is 6.20 Å². The Balaban J connectivity index is 3.13. The molecule has 2 nitrogen and oxygen atoms in total. The first kappa shape index (κ1) is 5.79. The minimum Gasteiger partial charge on any atom is -0.147 e. The number of rotatable bonds is 0. The second-order valence-electron chi connectivity index (χ2n) is 1.11. The second-order valence-corrected chi connectivity index (χ2v) is 1.88. The Bertz CT molecular complexity index is 168. The van der Waals surface area contributed by atoms with Crippen LogP contribution in [0.3, 0.4) is 0 Å². The van der Waals surface area contributed by atoms with E-state index in [1.165, 1.54) is 6.07 Å². The van der Waals surface area contributed by atoms with Gasteiger partial charge >= 0.3 is 0 Å². The largest absolute Gasteiger partial charge is 0.170 e. The Kier molecular flexibility index (Phi) is 1.65. The summed E-state index contributed by atoms with van der Waals surface area (Å²) in [5.41, 5.74) is 0. The van der Waals surface area contributed by atoms with Gasteiger partial charge in [0.15, 0.2) is 5.15 Å². The maximum Gasteiger partial charge on any atom is 0.170 e. The summed E-state index contributed by atoms with van der Waals surface area (Å²) in [6.07, 6.45) is 2.42. The van der Waals surface area contributed by atoms with Crippen molar-refractivity contribution in [3.63, 3.8) is 0 Å². The first-order valence-corrected chi connectivity index (χ1v) is 2.61. The third-order valence-corrected chi connectivity index (χ3v) is 1.25. The number of halogens is 2. The van der Waals surface area contributed by atoms with Gasteiger partial charge in [0, 0.05) is 0 Å². The van der Waals surface area contributed by atoms with Gasteiger partial charge in [-0.15, -0.1) is 10.2 Å². The summed E-state index contributed by atoms with van der Waals surface area (Å²) >= 11 is 10.8. The lowest BCUT2D eigenvalue weighted by molar-refractivity contribution is 1.02. The molecule has 0 atom stereocenters. The zero-order valence-electron chi connectivity index (χ0n) is 3.73. The van der Waals surface area contributed by atoms with Gasteiger partial charge in [0.2, 0.25) is 0 Å². The summed E-state index contributed by atoms with van der Waals surface area (Å²) in [6, 6.07) is 1.46. The summed E-state index contributed by atoms with van der Waals surface area (Å²) in [4.78, 5) is 0. The van der Waals surface area contributed by atoms with E-state index in [2.05, 4.69) is 16.4 Å². The highest BCUT2D eigenvalue weighted by molar-refractivity contribution is 6.41. The van der Waals surface area contributed by atoms with Crippen molar-refractivity contribution in [2.45, 2.75) is 0 Å². The van der Waals surface area contributed by atoms with Crippen LogP contribution in [0.25, 0.3) is 0 Å². The quantitative estimate of drug-likeness (QED) is 0.558. The average molecular weight is 148 g/mol. The van der Waals surface area contributed by atoms with Crippen molar-refractivity contribution in [3.05, 3.63) is 22.4 Å². The van der Waals surface area contributed by atoms with Crippen molar-refractivity contribution in [3.8, 4) is 0 Å². The molecule has 1 aromatic heterocycles. The van der Waals surface area contributed by atoms with Crippen LogP contribution < -0.4 is 0 Å². The van der Waals surface area contributed by atoms with Crippen LogP contribution >= 0.6 is 23.2 Å². The number of hydrogen-bond acceptors (Lipinski definition) is 2. The van der Waals surface area contributed by atoms with Crippen LogP contribution in [-0.4, -0.2) is 10.2 Å². The van der Waals surface area contributed by atoms with Crippen molar-refractivity contribution in [1.29, 1.82) is 0 Å². The average Bonchev–Trinajstić information content (AvgIpc) is 1.77. The van der Waals surface area contributed by atoms with E-state index in [1.54, 1.807) is 0 Å². The zero-order chi connectivity index (χ0) is 5.98. The predicted molar refractivity (Wildman–Crippen MR) is 30.9 cm³/mol. The Morgan fingerprint density at radius 1 is 1.50 bits per heavy atom. The van der Waals surface area contributed by atoms with Crippen molar-refractivity contribution >= 4 is 23.2 Å². The van der Waals surface area contributed by atoms with E-state index in [1.807, 2.05) is 0 Å². The zero-order valence-corrected chi connectivity index (χ0v) is 5.24. The molecule has 0 aliphatic heterocycles. The Labute approximate surface area is 56.4 Å². The lowest BCUT2D eigenvalue weighted by Crippen LogP contribution is -1.79. The van der Waals surface area contributed by atoms with Crippen LogP contribution in [0.1, 0.15) is 0 Å². The highest BCUT2D eigenvalue weighted by Crippen LogP contribution is 2.14. The molecule has 0 spiro atoms. The molecule has 1 rings (SSSR count). The summed E-state index contributed by atoms with van der Waals surface area (Å²) < 4.78 is 0. The molecule has 0 aliphatic rings. The fourth-order valence-corrected chi connectivity index (χ4v) is 0.445. The van der Waals surface area contributed by atoms with Crippen molar-refractivity contribution in [2.24, 2.45) is 0 Å². The van der Waals surface area contributed by atoms with Gasteiger partial charge in [0.05, 0.1) is 5.02 Å². The maximum atomic E-state index is 5.44. The molecule has 0 saturated carbocycles. The van der Waals surface area contributed by atoms with Gasteiger partial charge in [-0.3, -0.25) is 0 Å². The summed E-state index contributed by atoms with van der Waals surface area (Å²) in [7, 11) is 0. The van der Waals surface area contributed by atoms with E-state index in [4.69, 9.17) is 23.2 Å². The Morgan fingerprint density at radius 3 is 2.62 bits per heavy atom. The second kappa shape index (κ2) is 2.29. The van der Waals surface area contributed by atoms with Gasteiger partial charge in [-0.1, -0.05) is 23.2 Å². The molecule has 41 valence electrons. The molecule has 0 N–H and O–H groups in total. The molecular weight excluding hydrogens is 147 g/mol. The number of aromatic nitrogens is 2. The fourth-order valence-electron chi connectivity index (χ4n) is 0.266. The Morgan fingerprint density at radius 2 is 2.25 bits per heavy atom. The molecule has 1 radical (unpaired) electrons. The molecule has 0 amide bonds. The minimum absolute atomic E-state index is 0.213. The maximum absolute atomic E-state index is 5.44. The number of nitrogens with zero attached hydrogens (tertiary/aromatic N) is 2. The molecule has 0 aliphatic carbocycles. The van der Waals surface area contributed by atoms with Gasteiger partial charge in [-0.05, 0) is 6.07 Å². The van der Waals surface area contributed by atoms with E-state index in [0.29, 0.717) is 5.02 Å². The van der Waals surface area contributed by atoms with E-state index >= 15 is 0 Å². The molecular formula is C4HCl2N2. The summed E-state index contributed by atoms with van der Waals surface area (Å²) in [6.45, 7) is 0. The van der Waals surface area contributed by atoms with E-state index in [9.17, 15) is 0 Å². The van der Waals surface area contributed by atoms with Gasteiger partial charge in [0.1, 0.15) is 6.20 Å². The number of hydrogen-bond donors (Lipinski definition) is 0.